The third kappa shape index (κ3) is 3.30. The van der Waals surface area contributed by atoms with E-state index < -0.39 is 0 Å². The Bertz CT molecular complexity index is 297. The number of hydrogen-bond acceptors (Lipinski definition) is 2. The van der Waals surface area contributed by atoms with Crippen molar-refractivity contribution in [3.63, 3.8) is 0 Å². The summed E-state index contributed by atoms with van der Waals surface area (Å²) in [6, 6.07) is 7.86. The molecule has 0 saturated carbocycles. The minimum absolute atomic E-state index is 0.0944. The Hall–Kier alpha value is -0.380. The number of nitrogens with two attached hydrogens (primary N) is 1. The number of benzene rings is 1. The van der Waals surface area contributed by atoms with E-state index in [1.54, 1.807) is 0 Å². The SMILES string of the molecule is CC(C)C(CO)C(N)c1ccc(Br)cc1. The lowest BCUT2D eigenvalue weighted by molar-refractivity contribution is 0.166. The molecule has 0 fully saturated rings. The van der Waals surface area contributed by atoms with Gasteiger partial charge in [0, 0.05) is 23.0 Å². The predicted octanol–water partition coefficient (Wildman–Crippen LogP) is 2.71. The fraction of sp³-hybridized carbons (Fsp3) is 0.500. The monoisotopic (exact) mass is 271 g/mol. The highest BCUT2D eigenvalue weighted by Crippen LogP contribution is 2.26. The Kier molecular flexibility index (Phi) is 4.77. The molecular weight excluding hydrogens is 254 g/mol. The van der Waals surface area contributed by atoms with E-state index in [9.17, 15) is 5.11 Å². The maximum atomic E-state index is 9.29. The van der Waals surface area contributed by atoms with E-state index in [4.69, 9.17) is 5.73 Å². The summed E-state index contributed by atoms with van der Waals surface area (Å²) in [7, 11) is 0. The predicted molar refractivity (Wildman–Crippen MR) is 66.5 cm³/mol. The molecule has 2 atom stereocenters. The van der Waals surface area contributed by atoms with E-state index in [1.165, 1.54) is 0 Å². The van der Waals surface area contributed by atoms with Crippen molar-refractivity contribution in [2.45, 2.75) is 19.9 Å². The van der Waals surface area contributed by atoms with Crippen LogP contribution in [0.4, 0.5) is 0 Å². The average Bonchev–Trinajstić information content (AvgIpc) is 2.19. The van der Waals surface area contributed by atoms with Crippen LogP contribution in [0, 0.1) is 11.8 Å². The molecule has 15 heavy (non-hydrogen) atoms. The second kappa shape index (κ2) is 5.64. The highest BCUT2D eigenvalue weighted by atomic mass is 79.9. The summed E-state index contributed by atoms with van der Waals surface area (Å²) in [6.45, 7) is 4.30. The second-order valence-corrected chi connectivity index (χ2v) is 5.08. The summed E-state index contributed by atoms with van der Waals surface area (Å²) in [5.74, 6) is 0.500. The lowest BCUT2D eigenvalue weighted by Gasteiger charge is -2.25. The molecule has 0 aromatic heterocycles. The van der Waals surface area contributed by atoms with Gasteiger partial charge < -0.3 is 10.8 Å². The summed E-state index contributed by atoms with van der Waals surface area (Å²) in [4.78, 5) is 0. The van der Waals surface area contributed by atoms with Crippen LogP contribution in [0.5, 0.6) is 0 Å². The first-order valence-electron chi connectivity index (χ1n) is 5.18. The summed E-state index contributed by atoms with van der Waals surface area (Å²) in [5.41, 5.74) is 7.20. The van der Waals surface area contributed by atoms with E-state index in [-0.39, 0.29) is 18.6 Å². The molecular formula is C12H18BrNO. The number of aliphatic hydroxyl groups is 1. The minimum Gasteiger partial charge on any atom is -0.396 e. The van der Waals surface area contributed by atoms with Crippen LogP contribution in [0.25, 0.3) is 0 Å². The molecule has 0 amide bonds. The molecule has 0 saturated heterocycles. The highest BCUT2D eigenvalue weighted by molar-refractivity contribution is 9.10. The first-order chi connectivity index (χ1) is 7.06. The van der Waals surface area contributed by atoms with Crippen LogP contribution in [0.15, 0.2) is 28.7 Å². The summed E-state index contributed by atoms with van der Waals surface area (Å²) < 4.78 is 1.04. The zero-order chi connectivity index (χ0) is 11.4. The Morgan fingerprint density at radius 1 is 1.27 bits per heavy atom. The van der Waals surface area contributed by atoms with Crippen LogP contribution in [-0.2, 0) is 0 Å². The van der Waals surface area contributed by atoms with Crippen molar-refractivity contribution in [1.82, 2.24) is 0 Å². The molecule has 1 aromatic rings. The molecule has 84 valence electrons. The topological polar surface area (TPSA) is 46.2 Å². The number of aliphatic hydroxyl groups excluding tert-OH is 1. The maximum absolute atomic E-state index is 9.29. The second-order valence-electron chi connectivity index (χ2n) is 4.17. The molecule has 0 heterocycles. The van der Waals surface area contributed by atoms with Gasteiger partial charge >= 0.3 is 0 Å². The fourth-order valence-electron chi connectivity index (χ4n) is 1.67. The van der Waals surface area contributed by atoms with Gasteiger partial charge in [0.15, 0.2) is 0 Å². The smallest absolute Gasteiger partial charge is 0.0479 e. The van der Waals surface area contributed by atoms with Gasteiger partial charge in [0.1, 0.15) is 0 Å². The lowest BCUT2D eigenvalue weighted by atomic mass is 9.86. The Morgan fingerprint density at radius 3 is 2.20 bits per heavy atom. The van der Waals surface area contributed by atoms with Gasteiger partial charge in [-0.3, -0.25) is 0 Å². The molecule has 2 nitrogen and oxygen atoms in total. The first kappa shape index (κ1) is 12.7. The summed E-state index contributed by atoms with van der Waals surface area (Å²) in [6.07, 6.45) is 0. The van der Waals surface area contributed by atoms with Crippen molar-refractivity contribution in [3.05, 3.63) is 34.3 Å². The standard InChI is InChI=1S/C12H18BrNO/c1-8(2)11(7-15)12(14)9-3-5-10(13)6-4-9/h3-6,8,11-12,15H,7,14H2,1-2H3. The molecule has 0 spiro atoms. The van der Waals surface area contributed by atoms with E-state index in [2.05, 4.69) is 29.8 Å². The van der Waals surface area contributed by atoms with Crippen molar-refractivity contribution < 1.29 is 5.11 Å². The van der Waals surface area contributed by atoms with E-state index in [1.807, 2.05) is 24.3 Å². The van der Waals surface area contributed by atoms with E-state index in [0.29, 0.717) is 5.92 Å². The summed E-state index contributed by atoms with van der Waals surface area (Å²) in [5, 5.41) is 9.29. The molecule has 3 heteroatoms. The minimum atomic E-state index is -0.0944. The van der Waals surface area contributed by atoms with Gasteiger partial charge in [0.05, 0.1) is 0 Å². The Morgan fingerprint density at radius 2 is 1.80 bits per heavy atom. The molecule has 0 aliphatic rings. The van der Waals surface area contributed by atoms with Crippen molar-refractivity contribution in [2.75, 3.05) is 6.61 Å². The van der Waals surface area contributed by atoms with Gasteiger partial charge in [-0.05, 0) is 23.6 Å². The molecule has 0 aliphatic carbocycles. The lowest BCUT2D eigenvalue weighted by Crippen LogP contribution is -2.28. The van der Waals surface area contributed by atoms with Crippen molar-refractivity contribution in [2.24, 2.45) is 17.6 Å². The average molecular weight is 272 g/mol. The van der Waals surface area contributed by atoms with Gasteiger partial charge in [-0.25, -0.2) is 0 Å². The van der Waals surface area contributed by atoms with Crippen molar-refractivity contribution in [3.8, 4) is 0 Å². The summed E-state index contributed by atoms with van der Waals surface area (Å²) >= 11 is 3.39. The molecule has 2 unspecified atom stereocenters. The van der Waals surface area contributed by atoms with Crippen LogP contribution in [0.1, 0.15) is 25.5 Å². The molecule has 0 bridgehead atoms. The maximum Gasteiger partial charge on any atom is 0.0479 e. The van der Waals surface area contributed by atoms with Crippen LogP contribution < -0.4 is 5.73 Å². The van der Waals surface area contributed by atoms with Crippen LogP contribution in [-0.4, -0.2) is 11.7 Å². The normalized spacial score (nSPS) is 15.3. The van der Waals surface area contributed by atoms with Gasteiger partial charge in [-0.2, -0.15) is 0 Å². The van der Waals surface area contributed by atoms with Crippen LogP contribution >= 0.6 is 15.9 Å². The Labute approximate surface area is 99.6 Å². The fourth-order valence-corrected chi connectivity index (χ4v) is 1.94. The number of halogens is 1. The first-order valence-corrected chi connectivity index (χ1v) is 5.97. The van der Waals surface area contributed by atoms with Gasteiger partial charge in [-0.1, -0.05) is 41.9 Å². The molecule has 1 aromatic carbocycles. The van der Waals surface area contributed by atoms with Crippen LogP contribution in [0.2, 0.25) is 0 Å². The van der Waals surface area contributed by atoms with Gasteiger partial charge in [0.25, 0.3) is 0 Å². The quantitative estimate of drug-likeness (QED) is 0.885. The van der Waals surface area contributed by atoms with Crippen LogP contribution in [0.3, 0.4) is 0 Å². The molecule has 3 N–H and O–H groups in total. The van der Waals surface area contributed by atoms with E-state index >= 15 is 0 Å². The van der Waals surface area contributed by atoms with E-state index in [0.717, 1.165) is 10.0 Å². The van der Waals surface area contributed by atoms with Gasteiger partial charge in [-0.15, -0.1) is 0 Å². The third-order valence-corrected chi connectivity index (χ3v) is 3.31. The largest absolute Gasteiger partial charge is 0.396 e. The van der Waals surface area contributed by atoms with Gasteiger partial charge in [0.2, 0.25) is 0 Å². The van der Waals surface area contributed by atoms with Crippen molar-refractivity contribution >= 4 is 15.9 Å². The zero-order valence-corrected chi connectivity index (χ0v) is 10.7. The Balaban J connectivity index is 2.82. The highest BCUT2D eigenvalue weighted by Gasteiger charge is 2.21. The number of rotatable bonds is 4. The molecule has 1 rings (SSSR count). The molecule has 0 radical (unpaired) electrons. The number of hydrogen-bond donors (Lipinski definition) is 2. The molecule has 0 aliphatic heterocycles. The third-order valence-electron chi connectivity index (χ3n) is 2.78. The van der Waals surface area contributed by atoms with Crippen molar-refractivity contribution in [1.29, 1.82) is 0 Å². The zero-order valence-electron chi connectivity index (χ0n) is 9.15.